The molecule has 0 atom stereocenters. The first-order valence-corrected chi connectivity index (χ1v) is 7.09. The monoisotopic (exact) mass is 263 g/mol. The van der Waals surface area contributed by atoms with E-state index in [1.807, 2.05) is 17.9 Å². The maximum atomic E-state index is 13.2. The molecule has 1 saturated carbocycles. The summed E-state index contributed by atoms with van der Waals surface area (Å²) in [5, 5.41) is 0. The molecule has 1 amide bonds. The Bertz CT molecular complexity index is 452. The summed E-state index contributed by atoms with van der Waals surface area (Å²) >= 11 is 0. The molecule has 2 rings (SSSR count). The van der Waals surface area contributed by atoms with E-state index in [-0.39, 0.29) is 17.1 Å². The zero-order valence-electron chi connectivity index (χ0n) is 11.8. The second-order valence-electron chi connectivity index (χ2n) is 5.72. The van der Waals surface area contributed by atoms with Crippen LogP contribution in [-0.2, 0) is 11.3 Å². The van der Waals surface area contributed by atoms with Crippen molar-refractivity contribution in [3.8, 4) is 0 Å². The molecule has 0 N–H and O–H groups in total. The average Bonchev–Trinajstić information content (AvgIpc) is 2.83. The van der Waals surface area contributed by atoms with Crippen LogP contribution in [0.4, 0.5) is 4.39 Å². The molecular weight excluding hydrogens is 241 g/mol. The van der Waals surface area contributed by atoms with Gasteiger partial charge in [0.25, 0.3) is 0 Å². The zero-order valence-corrected chi connectivity index (χ0v) is 11.8. The number of halogens is 1. The highest BCUT2D eigenvalue weighted by molar-refractivity contribution is 5.82. The number of hydrogen-bond donors (Lipinski definition) is 0. The second kappa shape index (κ2) is 5.72. The summed E-state index contributed by atoms with van der Waals surface area (Å²) in [6.07, 6.45) is 4.23. The van der Waals surface area contributed by atoms with Gasteiger partial charge in [0.05, 0.1) is 0 Å². The fraction of sp³-hybridized carbons (Fsp3) is 0.562. The Kier molecular flexibility index (Phi) is 4.23. The quantitative estimate of drug-likeness (QED) is 0.810. The first kappa shape index (κ1) is 14.0. The Balaban J connectivity index is 2.10. The van der Waals surface area contributed by atoms with E-state index in [9.17, 15) is 9.18 Å². The van der Waals surface area contributed by atoms with Crippen LogP contribution in [0.1, 0.15) is 45.1 Å². The van der Waals surface area contributed by atoms with Crippen LogP contribution in [0, 0.1) is 11.2 Å². The van der Waals surface area contributed by atoms with Crippen LogP contribution in [0.15, 0.2) is 24.3 Å². The third-order valence-corrected chi connectivity index (χ3v) is 4.15. The molecule has 2 nitrogen and oxygen atoms in total. The maximum absolute atomic E-state index is 13.2. The topological polar surface area (TPSA) is 20.3 Å². The van der Waals surface area contributed by atoms with E-state index in [4.69, 9.17) is 0 Å². The number of nitrogens with zero attached hydrogens (tertiary/aromatic N) is 1. The Morgan fingerprint density at radius 1 is 1.37 bits per heavy atom. The number of rotatable bonds is 4. The van der Waals surface area contributed by atoms with Crippen molar-refractivity contribution in [2.45, 2.75) is 46.1 Å². The van der Waals surface area contributed by atoms with E-state index in [2.05, 4.69) is 6.92 Å². The number of hydrogen-bond acceptors (Lipinski definition) is 1. The predicted octanol–water partition coefficient (Wildman–Crippen LogP) is 3.75. The van der Waals surface area contributed by atoms with E-state index in [1.54, 1.807) is 6.07 Å². The minimum atomic E-state index is -0.243. The number of benzene rings is 1. The van der Waals surface area contributed by atoms with Gasteiger partial charge in [0, 0.05) is 18.5 Å². The van der Waals surface area contributed by atoms with Gasteiger partial charge in [-0.3, -0.25) is 4.79 Å². The van der Waals surface area contributed by atoms with Gasteiger partial charge < -0.3 is 4.90 Å². The van der Waals surface area contributed by atoms with E-state index in [1.165, 1.54) is 12.1 Å². The van der Waals surface area contributed by atoms with Gasteiger partial charge in [-0.2, -0.15) is 0 Å². The third-order valence-electron chi connectivity index (χ3n) is 4.15. The van der Waals surface area contributed by atoms with Crippen molar-refractivity contribution in [2.75, 3.05) is 6.54 Å². The Hall–Kier alpha value is -1.38. The normalized spacial score (nSPS) is 17.4. The molecule has 0 radical (unpaired) electrons. The van der Waals surface area contributed by atoms with Gasteiger partial charge in [-0.05, 0) is 37.5 Å². The molecule has 0 saturated heterocycles. The molecule has 3 heteroatoms. The molecule has 1 aromatic rings. The van der Waals surface area contributed by atoms with Gasteiger partial charge in [0.1, 0.15) is 5.82 Å². The van der Waals surface area contributed by atoms with Gasteiger partial charge in [0.2, 0.25) is 5.91 Å². The van der Waals surface area contributed by atoms with Crippen LogP contribution in [0.25, 0.3) is 0 Å². The largest absolute Gasteiger partial charge is 0.338 e. The van der Waals surface area contributed by atoms with E-state index in [0.29, 0.717) is 13.1 Å². The lowest BCUT2D eigenvalue weighted by atomic mass is 9.87. The van der Waals surface area contributed by atoms with E-state index >= 15 is 0 Å². The standard InChI is InChI=1S/C16H22FNO/c1-3-18(12-13-7-6-8-14(17)11-13)15(19)16(2)9-4-5-10-16/h6-8,11H,3-5,9-10,12H2,1-2H3. The summed E-state index contributed by atoms with van der Waals surface area (Å²) in [5.74, 6) is -0.0233. The van der Waals surface area contributed by atoms with Crippen molar-refractivity contribution >= 4 is 5.91 Å². The van der Waals surface area contributed by atoms with Gasteiger partial charge in [-0.15, -0.1) is 0 Å². The number of carbonyl (C=O) groups is 1. The van der Waals surface area contributed by atoms with Gasteiger partial charge in [0.15, 0.2) is 0 Å². The van der Waals surface area contributed by atoms with Crippen LogP contribution in [-0.4, -0.2) is 17.4 Å². The molecule has 1 aromatic carbocycles. The Morgan fingerprint density at radius 3 is 2.63 bits per heavy atom. The summed E-state index contributed by atoms with van der Waals surface area (Å²) in [7, 11) is 0. The van der Waals surface area contributed by atoms with Crippen molar-refractivity contribution in [2.24, 2.45) is 5.41 Å². The molecule has 0 aliphatic heterocycles. The molecule has 0 bridgehead atoms. The number of amides is 1. The smallest absolute Gasteiger partial charge is 0.228 e. The molecular formula is C16H22FNO. The minimum absolute atomic E-state index is 0.205. The van der Waals surface area contributed by atoms with E-state index in [0.717, 1.165) is 31.2 Å². The molecule has 104 valence electrons. The van der Waals surface area contributed by atoms with Crippen molar-refractivity contribution < 1.29 is 9.18 Å². The molecule has 1 aliphatic carbocycles. The lowest BCUT2D eigenvalue weighted by Crippen LogP contribution is -2.40. The van der Waals surface area contributed by atoms with Crippen LogP contribution in [0.5, 0.6) is 0 Å². The molecule has 1 aliphatic rings. The fourth-order valence-electron chi connectivity index (χ4n) is 2.93. The molecule has 19 heavy (non-hydrogen) atoms. The molecule has 0 spiro atoms. The van der Waals surface area contributed by atoms with Crippen LogP contribution in [0.2, 0.25) is 0 Å². The molecule has 0 unspecified atom stereocenters. The van der Waals surface area contributed by atoms with E-state index < -0.39 is 0 Å². The van der Waals surface area contributed by atoms with Gasteiger partial charge >= 0.3 is 0 Å². The van der Waals surface area contributed by atoms with Crippen molar-refractivity contribution in [3.63, 3.8) is 0 Å². The lowest BCUT2D eigenvalue weighted by Gasteiger charge is -2.31. The summed E-state index contributed by atoms with van der Waals surface area (Å²) in [6, 6.07) is 6.50. The Morgan fingerprint density at radius 2 is 2.05 bits per heavy atom. The van der Waals surface area contributed by atoms with Crippen molar-refractivity contribution in [3.05, 3.63) is 35.6 Å². The van der Waals surface area contributed by atoms with Crippen LogP contribution >= 0.6 is 0 Å². The molecule has 0 aromatic heterocycles. The predicted molar refractivity (Wildman–Crippen MR) is 74.1 cm³/mol. The highest BCUT2D eigenvalue weighted by Crippen LogP contribution is 2.39. The second-order valence-corrected chi connectivity index (χ2v) is 5.72. The Labute approximate surface area is 114 Å². The van der Waals surface area contributed by atoms with Crippen molar-refractivity contribution in [1.29, 1.82) is 0 Å². The summed E-state index contributed by atoms with van der Waals surface area (Å²) in [6.45, 7) is 5.22. The zero-order chi connectivity index (χ0) is 13.9. The van der Waals surface area contributed by atoms with Gasteiger partial charge in [-0.25, -0.2) is 4.39 Å². The third kappa shape index (κ3) is 3.14. The van der Waals surface area contributed by atoms with Gasteiger partial charge in [-0.1, -0.05) is 31.9 Å². The fourth-order valence-corrected chi connectivity index (χ4v) is 2.93. The van der Waals surface area contributed by atoms with Crippen LogP contribution < -0.4 is 0 Å². The SMILES string of the molecule is CCN(Cc1cccc(F)c1)C(=O)C1(C)CCCC1. The number of carbonyl (C=O) groups excluding carboxylic acids is 1. The first-order valence-electron chi connectivity index (χ1n) is 7.09. The highest BCUT2D eigenvalue weighted by Gasteiger charge is 2.38. The average molecular weight is 263 g/mol. The molecule has 1 fully saturated rings. The summed E-state index contributed by atoms with van der Waals surface area (Å²) < 4.78 is 13.2. The summed E-state index contributed by atoms with van der Waals surface area (Å²) in [5.41, 5.74) is 0.653. The molecule has 0 heterocycles. The minimum Gasteiger partial charge on any atom is -0.338 e. The first-order chi connectivity index (χ1) is 9.05. The van der Waals surface area contributed by atoms with Crippen LogP contribution in [0.3, 0.4) is 0 Å². The maximum Gasteiger partial charge on any atom is 0.228 e. The highest BCUT2D eigenvalue weighted by atomic mass is 19.1. The van der Waals surface area contributed by atoms with Crippen molar-refractivity contribution in [1.82, 2.24) is 4.90 Å². The summed E-state index contributed by atoms with van der Waals surface area (Å²) in [4.78, 5) is 14.5. The lowest BCUT2D eigenvalue weighted by molar-refractivity contribution is -0.141.